The number of nitrogens with zero attached hydrogens (tertiary/aromatic N) is 1. The van der Waals surface area contributed by atoms with Gasteiger partial charge in [0.1, 0.15) is 0 Å². The molecule has 0 aliphatic heterocycles. The Morgan fingerprint density at radius 1 is 1.23 bits per heavy atom. The fourth-order valence-corrected chi connectivity index (χ4v) is 5.45. The first-order valence-electron chi connectivity index (χ1n) is 10.0. The summed E-state index contributed by atoms with van der Waals surface area (Å²) in [5.74, 6) is 0.749. The SMILES string of the molecule is CC1(C)[C@H]2CC[C@@](C)(C2)[C@@H]1OC[C@H](O)CN(CCO)Cc1ccccc1. The van der Waals surface area contributed by atoms with Crippen LogP contribution in [0.15, 0.2) is 30.3 Å². The second kappa shape index (κ2) is 7.97. The molecule has 0 amide bonds. The molecule has 1 aromatic carbocycles. The highest BCUT2D eigenvalue weighted by molar-refractivity contribution is 5.14. The van der Waals surface area contributed by atoms with E-state index in [2.05, 4.69) is 37.8 Å². The zero-order valence-corrected chi connectivity index (χ0v) is 16.5. The van der Waals surface area contributed by atoms with Crippen molar-refractivity contribution in [1.29, 1.82) is 0 Å². The van der Waals surface area contributed by atoms with Crippen LogP contribution in [0.4, 0.5) is 0 Å². The third kappa shape index (κ3) is 4.14. The van der Waals surface area contributed by atoms with Gasteiger partial charge in [-0.05, 0) is 41.6 Å². The van der Waals surface area contributed by atoms with E-state index in [-0.39, 0.29) is 23.5 Å². The molecule has 4 atom stereocenters. The predicted octanol–water partition coefficient (Wildman–Crippen LogP) is 3.07. The molecule has 3 rings (SSSR count). The van der Waals surface area contributed by atoms with E-state index in [1.165, 1.54) is 24.8 Å². The molecule has 0 aromatic heterocycles. The zero-order valence-electron chi connectivity index (χ0n) is 16.5. The van der Waals surface area contributed by atoms with Crippen LogP contribution in [-0.2, 0) is 11.3 Å². The smallest absolute Gasteiger partial charge is 0.0900 e. The molecule has 0 heterocycles. The summed E-state index contributed by atoms with van der Waals surface area (Å²) in [4.78, 5) is 2.09. The van der Waals surface area contributed by atoms with Crippen LogP contribution in [-0.4, -0.2) is 53.6 Å². The van der Waals surface area contributed by atoms with Crippen LogP contribution in [0.5, 0.6) is 0 Å². The van der Waals surface area contributed by atoms with Crippen LogP contribution in [0.1, 0.15) is 45.6 Å². The predicted molar refractivity (Wildman–Crippen MR) is 104 cm³/mol. The van der Waals surface area contributed by atoms with Gasteiger partial charge in [-0.15, -0.1) is 0 Å². The van der Waals surface area contributed by atoms with Crippen molar-refractivity contribution in [3.63, 3.8) is 0 Å². The average Bonchev–Trinajstić information content (AvgIpc) is 3.06. The van der Waals surface area contributed by atoms with Crippen molar-refractivity contribution in [3.05, 3.63) is 35.9 Å². The number of hydrogen-bond acceptors (Lipinski definition) is 4. The molecule has 0 radical (unpaired) electrons. The van der Waals surface area contributed by atoms with E-state index in [0.29, 0.717) is 19.7 Å². The second-order valence-corrected chi connectivity index (χ2v) is 9.23. The fourth-order valence-electron chi connectivity index (χ4n) is 5.45. The molecule has 0 saturated heterocycles. The minimum absolute atomic E-state index is 0.0931. The molecule has 146 valence electrons. The standard InChI is InChI=1S/C22H35NO3/c1-21(2)18-9-10-22(3,13-18)20(21)26-16-19(25)15-23(11-12-24)14-17-7-5-4-6-8-17/h4-8,18-20,24-25H,9-16H2,1-3H3/t18-,19+,20+,22-/m0/s1. The van der Waals surface area contributed by atoms with Crippen LogP contribution < -0.4 is 0 Å². The van der Waals surface area contributed by atoms with E-state index >= 15 is 0 Å². The summed E-state index contributed by atoms with van der Waals surface area (Å²) in [7, 11) is 0. The molecule has 26 heavy (non-hydrogen) atoms. The van der Waals surface area contributed by atoms with Gasteiger partial charge in [-0.2, -0.15) is 0 Å². The molecule has 2 N–H and O–H groups in total. The van der Waals surface area contributed by atoms with Crippen molar-refractivity contribution in [3.8, 4) is 0 Å². The van der Waals surface area contributed by atoms with Gasteiger partial charge in [-0.1, -0.05) is 51.1 Å². The molecular formula is C22H35NO3. The van der Waals surface area contributed by atoms with Crippen molar-refractivity contribution in [2.75, 3.05) is 26.3 Å². The molecule has 2 bridgehead atoms. The lowest BCUT2D eigenvalue weighted by Crippen LogP contribution is -2.45. The largest absolute Gasteiger partial charge is 0.395 e. The summed E-state index contributed by atoms with van der Waals surface area (Å²) in [6.07, 6.45) is 3.50. The minimum atomic E-state index is -0.538. The first kappa shape index (κ1) is 19.8. The van der Waals surface area contributed by atoms with Gasteiger partial charge in [0, 0.05) is 19.6 Å². The van der Waals surface area contributed by atoms with Crippen LogP contribution in [0, 0.1) is 16.7 Å². The Balaban J connectivity index is 1.53. The molecule has 2 aliphatic carbocycles. The summed E-state index contributed by atoms with van der Waals surface area (Å²) in [6.45, 7) is 9.27. The maximum atomic E-state index is 10.6. The van der Waals surface area contributed by atoms with E-state index in [1.807, 2.05) is 18.2 Å². The number of hydrogen-bond donors (Lipinski definition) is 2. The van der Waals surface area contributed by atoms with Gasteiger partial charge in [0.2, 0.25) is 0 Å². The summed E-state index contributed by atoms with van der Waals surface area (Å²) in [5, 5.41) is 19.9. The molecule has 0 spiro atoms. The highest BCUT2D eigenvalue weighted by Crippen LogP contribution is 2.63. The van der Waals surface area contributed by atoms with Crippen molar-refractivity contribution in [1.82, 2.24) is 4.90 Å². The summed E-state index contributed by atoms with van der Waals surface area (Å²) in [5.41, 5.74) is 1.65. The number of aliphatic hydroxyl groups excluding tert-OH is 2. The Hall–Kier alpha value is -0.940. The number of aliphatic hydroxyl groups is 2. The first-order chi connectivity index (χ1) is 12.3. The number of benzene rings is 1. The van der Waals surface area contributed by atoms with E-state index in [9.17, 15) is 10.2 Å². The summed E-state index contributed by atoms with van der Waals surface area (Å²) >= 11 is 0. The van der Waals surface area contributed by atoms with Crippen molar-refractivity contribution in [2.45, 2.75) is 58.8 Å². The maximum Gasteiger partial charge on any atom is 0.0900 e. The Bertz CT molecular complexity index is 571. The molecule has 1 aromatic rings. The molecular weight excluding hydrogens is 326 g/mol. The minimum Gasteiger partial charge on any atom is -0.395 e. The quantitative estimate of drug-likeness (QED) is 0.710. The van der Waals surface area contributed by atoms with Crippen LogP contribution in [0.25, 0.3) is 0 Å². The lowest BCUT2D eigenvalue weighted by Gasteiger charge is -2.42. The van der Waals surface area contributed by atoms with Crippen molar-refractivity contribution in [2.24, 2.45) is 16.7 Å². The highest BCUT2D eigenvalue weighted by atomic mass is 16.5. The number of fused-ring (bicyclic) bond motifs is 2. The van der Waals surface area contributed by atoms with Gasteiger partial charge in [-0.3, -0.25) is 4.90 Å². The third-order valence-corrected chi connectivity index (χ3v) is 6.73. The average molecular weight is 362 g/mol. The molecule has 2 aliphatic rings. The molecule has 4 nitrogen and oxygen atoms in total. The van der Waals surface area contributed by atoms with Crippen LogP contribution >= 0.6 is 0 Å². The Labute approximate surface area is 158 Å². The summed E-state index contributed by atoms with van der Waals surface area (Å²) in [6, 6.07) is 10.2. The summed E-state index contributed by atoms with van der Waals surface area (Å²) < 4.78 is 6.31. The topological polar surface area (TPSA) is 52.9 Å². The lowest BCUT2D eigenvalue weighted by atomic mass is 9.70. The number of rotatable bonds is 9. The van der Waals surface area contributed by atoms with Gasteiger partial charge in [-0.25, -0.2) is 0 Å². The van der Waals surface area contributed by atoms with E-state index < -0.39 is 6.10 Å². The third-order valence-electron chi connectivity index (χ3n) is 6.73. The van der Waals surface area contributed by atoms with Crippen molar-refractivity contribution < 1.29 is 14.9 Å². The van der Waals surface area contributed by atoms with Crippen LogP contribution in [0.2, 0.25) is 0 Å². The molecule has 0 unspecified atom stereocenters. The maximum absolute atomic E-state index is 10.6. The van der Waals surface area contributed by atoms with Gasteiger partial charge in [0.05, 0.1) is 25.4 Å². The highest BCUT2D eigenvalue weighted by Gasteiger charge is 2.60. The molecule has 2 fully saturated rings. The van der Waals surface area contributed by atoms with E-state index in [1.54, 1.807) is 0 Å². The Kier molecular flexibility index (Phi) is 6.07. The molecule has 2 saturated carbocycles. The van der Waals surface area contributed by atoms with Gasteiger partial charge in [0.25, 0.3) is 0 Å². The normalized spacial score (nSPS) is 30.8. The fraction of sp³-hybridized carbons (Fsp3) is 0.727. The Morgan fingerprint density at radius 3 is 2.58 bits per heavy atom. The second-order valence-electron chi connectivity index (χ2n) is 9.23. The monoisotopic (exact) mass is 361 g/mol. The van der Waals surface area contributed by atoms with Crippen LogP contribution in [0.3, 0.4) is 0 Å². The van der Waals surface area contributed by atoms with Gasteiger partial charge < -0.3 is 14.9 Å². The Morgan fingerprint density at radius 2 is 1.96 bits per heavy atom. The first-order valence-corrected chi connectivity index (χ1v) is 10.0. The lowest BCUT2D eigenvalue weighted by molar-refractivity contribution is -0.113. The molecule has 4 heteroatoms. The van der Waals surface area contributed by atoms with E-state index in [4.69, 9.17) is 4.74 Å². The van der Waals surface area contributed by atoms with Crippen molar-refractivity contribution >= 4 is 0 Å². The van der Waals surface area contributed by atoms with E-state index in [0.717, 1.165) is 12.5 Å². The van der Waals surface area contributed by atoms with Gasteiger partial charge in [0.15, 0.2) is 0 Å². The van der Waals surface area contributed by atoms with Gasteiger partial charge >= 0.3 is 0 Å². The number of ether oxygens (including phenoxy) is 1. The zero-order chi connectivity index (χ0) is 18.8.